The maximum Gasteiger partial charge on any atom is 0.350 e. The molecule has 1 unspecified atom stereocenters. The van der Waals surface area contributed by atoms with Crippen molar-refractivity contribution in [1.82, 2.24) is 15.0 Å². The first-order valence-corrected chi connectivity index (χ1v) is 10.0. The van der Waals surface area contributed by atoms with E-state index in [1.54, 1.807) is 4.72 Å². The molecule has 16 heteroatoms. The van der Waals surface area contributed by atoms with Gasteiger partial charge in [-0.2, -0.15) is 13.1 Å². The fraction of sp³-hybridized carbons (Fsp3) is 0.462. The van der Waals surface area contributed by atoms with E-state index >= 15 is 0 Å². The summed E-state index contributed by atoms with van der Waals surface area (Å²) >= 11 is 0.947. The number of hydrogen-bond acceptors (Lipinski definition) is 10. The Kier molecular flexibility index (Phi) is 7.62. The van der Waals surface area contributed by atoms with Crippen LogP contribution in [0.25, 0.3) is 0 Å². The standard InChI is InChI=1S/C13H20N6O8S2/c1-5(19-29(24,25)26)7(9(14)20)17-10(21)8(6-4-28-12(15)16-6)18-27-13(2,3)11(22)23/h4-5,7,19H,1-3H3,(H2,14,20)(H2,15,16)(H,17,21)(H,22,23)(H,24,25,26)/b18-8-/t5?,7-/m0/s1. The van der Waals surface area contributed by atoms with Gasteiger partial charge in [0.25, 0.3) is 5.91 Å². The van der Waals surface area contributed by atoms with E-state index in [1.807, 2.05) is 0 Å². The van der Waals surface area contributed by atoms with Gasteiger partial charge in [0.2, 0.25) is 11.5 Å². The van der Waals surface area contributed by atoms with Crippen LogP contribution in [0.2, 0.25) is 0 Å². The number of carbonyl (C=O) groups is 3. The molecule has 2 atom stereocenters. The number of primary amides is 1. The fourth-order valence-corrected chi connectivity index (χ4v) is 2.91. The largest absolute Gasteiger partial charge is 0.478 e. The highest BCUT2D eigenvalue weighted by Gasteiger charge is 2.33. The topological polar surface area (TPSA) is 236 Å². The molecule has 0 fully saturated rings. The number of nitrogens with two attached hydrogens (primary N) is 2. The van der Waals surface area contributed by atoms with E-state index < -0.39 is 51.5 Å². The molecule has 2 amide bonds. The minimum atomic E-state index is -4.70. The molecule has 0 saturated carbocycles. The smallest absolute Gasteiger partial charge is 0.350 e. The van der Waals surface area contributed by atoms with Crippen LogP contribution >= 0.6 is 11.3 Å². The van der Waals surface area contributed by atoms with Crippen LogP contribution in [0.15, 0.2) is 10.5 Å². The van der Waals surface area contributed by atoms with Gasteiger partial charge >= 0.3 is 16.3 Å². The predicted octanol–water partition coefficient (Wildman–Crippen LogP) is -1.94. The zero-order valence-electron chi connectivity index (χ0n) is 15.4. The van der Waals surface area contributed by atoms with Gasteiger partial charge in [0.05, 0.1) is 6.04 Å². The Bertz CT molecular complexity index is 925. The molecule has 0 aliphatic heterocycles. The van der Waals surface area contributed by atoms with Crippen molar-refractivity contribution >= 4 is 50.3 Å². The number of hydrogen-bond donors (Lipinski definition) is 6. The number of oxime groups is 1. The molecule has 1 rings (SSSR count). The molecule has 0 aromatic carbocycles. The summed E-state index contributed by atoms with van der Waals surface area (Å²) in [5, 5.41) is 16.1. The monoisotopic (exact) mass is 452 g/mol. The number of nitrogen functional groups attached to an aromatic ring is 1. The van der Waals surface area contributed by atoms with Crippen LogP contribution in [0.1, 0.15) is 26.5 Å². The molecule has 0 aliphatic carbocycles. The van der Waals surface area contributed by atoms with Crippen molar-refractivity contribution in [2.45, 2.75) is 38.5 Å². The minimum absolute atomic E-state index is 0.0610. The lowest BCUT2D eigenvalue weighted by Crippen LogP contribution is -2.57. The summed E-state index contributed by atoms with van der Waals surface area (Å²) in [5.41, 5.74) is 8.25. The number of nitrogens with zero attached hydrogens (tertiary/aromatic N) is 2. The number of thiazole rings is 1. The first-order chi connectivity index (χ1) is 13.1. The Morgan fingerprint density at radius 1 is 1.38 bits per heavy atom. The van der Waals surface area contributed by atoms with E-state index in [2.05, 4.69) is 15.5 Å². The molecule has 1 aromatic heterocycles. The van der Waals surface area contributed by atoms with Gasteiger partial charge in [-0.3, -0.25) is 14.1 Å². The number of amides is 2. The van der Waals surface area contributed by atoms with Gasteiger partial charge in [0.1, 0.15) is 11.7 Å². The third-order valence-electron chi connectivity index (χ3n) is 3.29. The van der Waals surface area contributed by atoms with E-state index in [-0.39, 0.29) is 10.8 Å². The highest BCUT2D eigenvalue weighted by atomic mass is 32.2. The van der Waals surface area contributed by atoms with E-state index in [1.165, 1.54) is 19.2 Å². The second-order valence-corrected chi connectivity index (χ2v) is 8.23. The van der Waals surface area contributed by atoms with Crippen LogP contribution in [0.4, 0.5) is 5.13 Å². The zero-order valence-corrected chi connectivity index (χ0v) is 17.1. The molecule has 0 bridgehead atoms. The Balaban J connectivity index is 3.22. The van der Waals surface area contributed by atoms with E-state index in [0.717, 1.165) is 18.3 Å². The molecule has 0 spiro atoms. The number of nitrogens with one attached hydrogen (secondary N) is 2. The highest BCUT2D eigenvalue weighted by molar-refractivity contribution is 7.83. The summed E-state index contributed by atoms with van der Waals surface area (Å²) in [7, 11) is -4.70. The number of rotatable bonds is 10. The number of carboxylic acid groups (broad SMARTS) is 1. The zero-order chi connectivity index (χ0) is 22.6. The third kappa shape index (κ3) is 7.26. The summed E-state index contributed by atoms with van der Waals surface area (Å²) < 4.78 is 32.4. The average Bonchev–Trinajstić information content (AvgIpc) is 2.96. The summed E-state index contributed by atoms with van der Waals surface area (Å²) in [4.78, 5) is 44.2. The van der Waals surface area contributed by atoms with Crippen molar-refractivity contribution in [3.63, 3.8) is 0 Å². The predicted molar refractivity (Wildman–Crippen MR) is 101 cm³/mol. The van der Waals surface area contributed by atoms with Crippen molar-refractivity contribution in [2.75, 3.05) is 5.73 Å². The summed E-state index contributed by atoms with van der Waals surface area (Å²) in [6, 6.07) is -2.96. The lowest BCUT2D eigenvalue weighted by Gasteiger charge is -2.22. The second-order valence-electron chi connectivity index (χ2n) is 6.15. The number of carbonyl (C=O) groups excluding carboxylic acids is 2. The normalized spacial score (nSPS) is 14.7. The lowest BCUT2D eigenvalue weighted by atomic mass is 10.1. The van der Waals surface area contributed by atoms with Crippen molar-refractivity contribution in [1.29, 1.82) is 0 Å². The summed E-state index contributed by atoms with van der Waals surface area (Å²) in [6.45, 7) is 3.51. The summed E-state index contributed by atoms with van der Waals surface area (Å²) in [6.07, 6.45) is 0. The van der Waals surface area contributed by atoms with Gasteiger partial charge in [0, 0.05) is 5.38 Å². The average molecular weight is 452 g/mol. The van der Waals surface area contributed by atoms with Crippen LogP contribution in [-0.4, -0.2) is 64.2 Å². The Morgan fingerprint density at radius 3 is 2.38 bits per heavy atom. The maximum atomic E-state index is 12.6. The Morgan fingerprint density at radius 2 is 1.97 bits per heavy atom. The molecule has 14 nitrogen and oxygen atoms in total. The molecular formula is C13H20N6O8S2. The van der Waals surface area contributed by atoms with Gasteiger partial charge in [-0.15, -0.1) is 11.3 Å². The van der Waals surface area contributed by atoms with Gasteiger partial charge in [-0.1, -0.05) is 5.16 Å². The molecule has 1 aromatic rings. The first-order valence-electron chi connectivity index (χ1n) is 7.70. The van der Waals surface area contributed by atoms with Gasteiger partial charge in [-0.25, -0.2) is 9.78 Å². The van der Waals surface area contributed by atoms with Crippen molar-refractivity contribution < 1.29 is 37.3 Å². The van der Waals surface area contributed by atoms with Crippen LogP contribution in [-0.2, 0) is 29.5 Å². The lowest BCUT2D eigenvalue weighted by molar-refractivity contribution is -0.161. The van der Waals surface area contributed by atoms with E-state index in [4.69, 9.17) is 26.0 Å². The quantitative estimate of drug-likeness (QED) is 0.130. The molecule has 0 aliphatic rings. The molecule has 29 heavy (non-hydrogen) atoms. The van der Waals surface area contributed by atoms with Crippen LogP contribution in [0.3, 0.4) is 0 Å². The van der Waals surface area contributed by atoms with Gasteiger partial charge in [-0.05, 0) is 20.8 Å². The Labute approximate surface area is 169 Å². The molecule has 1 heterocycles. The molecule has 8 N–H and O–H groups in total. The van der Waals surface area contributed by atoms with Crippen molar-refractivity contribution in [3.05, 3.63) is 11.1 Å². The van der Waals surface area contributed by atoms with Crippen LogP contribution < -0.4 is 21.5 Å². The van der Waals surface area contributed by atoms with Crippen molar-refractivity contribution in [3.8, 4) is 0 Å². The second kappa shape index (κ2) is 9.12. The minimum Gasteiger partial charge on any atom is -0.478 e. The molecular weight excluding hydrogens is 432 g/mol. The number of anilines is 1. The van der Waals surface area contributed by atoms with Crippen LogP contribution in [0, 0.1) is 0 Å². The number of aliphatic carboxylic acids is 1. The Hall–Kier alpha value is -2.82. The van der Waals surface area contributed by atoms with Gasteiger partial charge < -0.3 is 26.7 Å². The first kappa shape index (κ1) is 24.2. The molecule has 0 radical (unpaired) electrons. The number of aromatic nitrogens is 1. The number of carboxylic acids is 1. The summed E-state index contributed by atoms with van der Waals surface area (Å²) in [5.74, 6) is -3.60. The maximum absolute atomic E-state index is 12.6. The highest BCUT2D eigenvalue weighted by Crippen LogP contribution is 2.15. The van der Waals surface area contributed by atoms with Gasteiger partial charge in [0.15, 0.2) is 10.8 Å². The van der Waals surface area contributed by atoms with E-state index in [9.17, 15) is 22.8 Å². The molecule has 0 saturated heterocycles. The van der Waals surface area contributed by atoms with E-state index in [0.29, 0.717) is 0 Å². The van der Waals surface area contributed by atoms with Crippen molar-refractivity contribution in [2.24, 2.45) is 10.9 Å². The SMILES string of the molecule is CC(NS(=O)(=O)O)[C@H](NC(=O)/C(=N\OC(C)(C)C(=O)O)c1csc(N)n1)C(N)=O. The molecule has 162 valence electrons. The fourth-order valence-electron chi connectivity index (χ4n) is 1.75. The van der Waals surface area contributed by atoms with Crippen LogP contribution in [0.5, 0.6) is 0 Å². The third-order valence-corrected chi connectivity index (χ3v) is 4.63.